The first kappa shape index (κ1) is 20.5. The summed E-state index contributed by atoms with van der Waals surface area (Å²) in [6.07, 6.45) is 3.03. The highest BCUT2D eigenvalue weighted by atomic mass is 16.5. The van der Waals surface area contributed by atoms with Gasteiger partial charge in [0, 0.05) is 6.54 Å². The van der Waals surface area contributed by atoms with Crippen LogP contribution < -0.4 is 10.1 Å². The molecule has 0 spiro atoms. The number of benzene rings is 2. The molecule has 27 heavy (non-hydrogen) atoms. The largest absolute Gasteiger partial charge is 0.494 e. The van der Waals surface area contributed by atoms with Crippen molar-refractivity contribution in [3.8, 4) is 5.75 Å². The van der Waals surface area contributed by atoms with Crippen molar-refractivity contribution in [2.24, 2.45) is 0 Å². The summed E-state index contributed by atoms with van der Waals surface area (Å²) in [6.45, 7) is 4.95. The molecule has 0 aromatic heterocycles. The van der Waals surface area contributed by atoms with Gasteiger partial charge in [0.25, 0.3) is 5.91 Å². The number of carbonyl (C=O) groups is 2. The van der Waals surface area contributed by atoms with Crippen LogP contribution in [0.25, 0.3) is 0 Å². The summed E-state index contributed by atoms with van der Waals surface area (Å²) in [5.74, 6) is -0.146. The van der Waals surface area contributed by atoms with Crippen LogP contribution in [0.15, 0.2) is 48.5 Å². The lowest BCUT2D eigenvalue weighted by Gasteiger charge is -2.08. The molecule has 0 heterocycles. The Kier molecular flexibility index (Phi) is 8.36. The highest BCUT2D eigenvalue weighted by Crippen LogP contribution is 2.13. The minimum atomic E-state index is -0.530. The Labute approximate surface area is 160 Å². The fraction of sp³-hybridized carbons (Fsp3) is 0.364. The van der Waals surface area contributed by atoms with Gasteiger partial charge in [0.05, 0.1) is 12.2 Å². The van der Waals surface area contributed by atoms with Gasteiger partial charge in [0.15, 0.2) is 6.61 Å². The number of nitrogens with one attached hydrogen (secondary N) is 1. The standard InChI is InChI=1S/C22H27NO4/c1-3-5-14-26-20-12-10-19(11-13-20)22(25)27-16-21(24)23-15-18-8-6-17(4-2)7-9-18/h6-13H,3-5,14-16H2,1-2H3,(H,23,24). The summed E-state index contributed by atoms with van der Waals surface area (Å²) in [4.78, 5) is 23.9. The third-order valence-corrected chi connectivity index (χ3v) is 4.11. The molecule has 0 radical (unpaired) electrons. The van der Waals surface area contributed by atoms with Crippen molar-refractivity contribution >= 4 is 11.9 Å². The van der Waals surface area contributed by atoms with Crippen molar-refractivity contribution in [3.63, 3.8) is 0 Å². The SMILES string of the molecule is CCCCOc1ccc(C(=O)OCC(=O)NCc2ccc(CC)cc2)cc1. The monoisotopic (exact) mass is 369 g/mol. The normalized spacial score (nSPS) is 10.3. The molecular formula is C22H27NO4. The van der Waals surface area contributed by atoms with Crippen LogP contribution in [0, 0.1) is 0 Å². The van der Waals surface area contributed by atoms with Gasteiger partial charge >= 0.3 is 5.97 Å². The van der Waals surface area contributed by atoms with E-state index in [1.165, 1.54) is 5.56 Å². The number of hydrogen-bond donors (Lipinski definition) is 1. The highest BCUT2D eigenvalue weighted by molar-refractivity contribution is 5.91. The Balaban J connectivity index is 1.72. The van der Waals surface area contributed by atoms with Crippen LogP contribution >= 0.6 is 0 Å². The number of esters is 1. The van der Waals surface area contributed by atoms with Gasteiger partial charge in [-0.25, -0.2) is 4.79 Å². The maximum atomic E-state index is 12.0. The summed E-state index contributed by atoms with van der Waals surface area (Å²) in [5.41, 5.74) is 2.65. The number of ether oxygens (including phenoxy) is 2. The Morgan fingerprint density at radius 1 is 0.926 bits per heavy atom. The molecule has 0 unspecified atom stereocenters. The molecule has 0 aliphatic rings. The molecule has 5 nitrogen and oxygen atoms in total. The maximum absolute atomic E-state index is 12.0. The summed E-state index contributed by atoms with van der Waals surface area (Å²) in [7, 11) is 0. The first-order valence-corrected chi connectivity index (χ1v) is 9.37. The molecule has 2 aromatic carbocycles. The first-order valence-electron chi connectivity index (χ1n) is 9.37. The van der Waals surface area contributed by atoms with Crippen molar-refractivity contribution in [2.75, 3.05) is 13.2 Å². The highest BCUT2D eigenvalue weighted by Gasteiger charge is 2.10. The van der Waals surface area contributed by atoms with E-state index >= 15 is 0 Å². The van der Waals surface area contributed by atoms with Crippen molar-refractivity contribution in [3.05, 3.63) is 65.2 Å². The van der Waals surface area contributed by atoms with Crippen molar-refractivity contribution < 1.29 is 19.1 Å². The quantitative estimate of drug-likeness (QED) is 0.510. The molecule has 5 heteroatoms. The molecule has 0 aliphatic carbocycles. The lowest BCUT2D eigenvalue weighted by molar-refractivity contribution is -0.124. The van der Waals surface area contributed by atoms with E-state index in [9.17, 15) is 9.59 Å². The Morgan fingerprint density at radius 3 is 2.22 bits per heavy atom. The third kappa shape index (κ3) is 7.13. The van der Waals surface area contributed by atoms with Gasteiger partial charge in [-0.3, -0.25) is 4.79 Å². The van der Waals surface area contributed by atoms with E-state index < -0.39 is 5.97 Å². The Bertz CT molecular complexity index is 723. The smallest absolute Gasteiger partial charge is 0.338 e. The fourth-order valence-electron chi connectivity index (χ4n) is 2.38. The van der Waals surface area contributed by atoms with Gasteiger partial charge in [0.1, 0.15) is 5.75 Å². The average Bonchev–Trinajstić information content (AvgIpc) is 2.71. The number of carbonyl (C=O) groups excluding carboxylic acids is 2. The minimum absolute atomic E-state index is 0.305. The van der Waals surface area contributed by atoms with E-state index in [0.29, 0.717) is 24.5 Å². The summed E-state index contributed by atoms with van der Waals surface area (Å²) in [5, 5.41) is 2.74. The van der Waals surface area contributed by atoms with Gasteiger partial charge in [-0.15, -0.1) is 0 Å². The van der Waals surface area contributed by atoms with Gasteiger partial charge in [0.2, 0.25) is 0 Å². The van der Waals surface area contributed by atoms with Crippen LogP contribution in [0.3, 0.4) is 0 Å². The second kappa shape index (κ2) is 11.0. The zero-order chi connectivity index (χ0) is 19.5. The van der Waals surface area contributed by atoms with E-state index in [1.807, 2.05) is 24.3 Å². The molecule has 2 aromatic rings. The van der Waals surface area contributed by atoms with E-state index in [2.05, 4.69) is 19.2 Å². The number of rotatable bonds is 10. The molecule has 0 atom stereocenters. The predicted octanol–water partition coefficient (Wildman–Crippen LogP) is 3.90. The van der Waals surface area contributed by atoms with Crippen molar-refractivity contribution in [2.45, 2.75) is 39.7 Å². The number of aryl methyl sites for hydroxylation is 1. The molecule has 0 bridgehead atoms. The summed E-state index contributed by atoms with van der Waals surface area (Å²) in [6, 6.07) is 14.8. The summed E-state index contributed by atoms with van der Waals surface area (Å²) < 4.78 is 10.6. The Morgan fingerprint density at radius 2 is 1.59 bits per heavy atom. The third-order valence-electron chi connectivity index (χ3n) is 4.11. The maximum Gasteiger partial charge on any atom is 0.338 e. The molecule has 0 aliphatic heterocycles. The average molecular weight is 369 g/mol. The second-order valence-corrected chi connectivity index (χ2v) is 6.25. The molecule has 0 saturated heterocycles. The molecule has 0 saturated carbocycles. The zero-order valence-corrected chi connectivity index (χ0v) is 16.0. The van der Waals surface area contributed by atoms with Crippen LogP contribution in [-0.2, 0) is 22.5 Å². The van der Waals surface area contributed by atoms with Crippen LogP contribution in [0.4, 0.5) is 0 Å². The topological polar surface area (TPSA) is 64.6 Å². The van der Waals surface area contributed by atoms with E-state index in [-0.39, 0.29) is 12.5 Å². The second-order valence-electron chi connectivity index (χ2n) is 6.25. The van der Waals surface area contributed by atoms with Gasteiger partial charge < -0.3 is 14.8 Å². The van der Waals surface area contributed by atoms with Gasteiger partial charge in [-0.05, 0) is 48.2 Å². The van der Waals surface area contributed by atoms with Crippen LogP contribution in [0.1, 0.15) is 48.2 Å². The number of amides is 1. The fourth-order valence-corrected chi connectivity index (χ4v) is 2.38. The van der Waals surface area contributed by atoms with E-state index in [1.54, 1.807) is 24.3 Å². The predicted molar refractivity (Wildman–Crippen MR) is 105 cm³/mol. The van der Waals surface area contributed by atoms with Crippen molar-refractivity contribution in [1.29, 1.82) is 0 Å². The molecule has 1 amide bonds. The van der Waals surface area contributed by atoms with Crippen LogP contribution in [-0.4, -0.2) is 25.1 Å². The van der Waals surface area contributed by atoms with Gasteiger partial charge in [-0.2, -0.15) is 0 Å². The van der Waals surface area contributed by atoms with E-state index in [0.717, 1.165) is 24.8 Å². The van der Waals surface area contributed by atoms with Gasteiger partial charge in [-0.1, -0.05) is 44.5 Å². The molecular weight excluding hydrogens is 342 g/mol. The summed E-state index contributed by atoms with van der Waals surface area (Å²) >= 11 is 0. The van der Waals surface area contributed by atoms with E-state index in [4.69, 9.17) is 9.47 Å². The molecule has 144 valence electrons. The first-order chi connectivity index (χ1) is 13.1. The number of hydrogen-bond acceptors (Lipinski definition) is 4. The van der Waals surface area contributed by atoms with Crippen LogP contribution in [0.2, 0.25) is 0 Å². The lowest BCUT2D eigenvalue weighted by Crippen LogP contribution is -2.28. The molecule has 1 N–H and O–H groups in total. The van der Waals surface area contributed by atoms with Crippen molar-refractivity contribution in [1.82, 2.24) is 5.32 Å². The molecule has 0 fully saturated rings. The van der Waals surface area contributed by atoms with Crippen LogP contribution in [0.5, 0.6) is 5.75 Å². The number of unbranched alkanes of at least 4 members (excludes halogenated alkanes) is 1. The minimum Gasteiger partial charge on any atom is -0.494 e. The zero-order valence-electron chi connectivity index (χ0n) is 16.0. The lowest BCUT2D eigenvalue weighted by atomic mass is 10.1. The Hall–Kier alpha value is -2.82. The molecule has 2 rings (SSSR count).